The van der Waals surface area contributed by atoms with Crippen molar-refractivity contribution < 1.29 is 4.79 Å². The zero-order valence-corrected chi connectivity index (χ0v) is 10.7. The molecule has 0 fully saturated rings. The SMILES string of the molecule is CCn1cnc2cc(C(C)NC(=O)CN)ccc21. The van der Waals surface area contributed by atoms with Gasteiger partial charge in [-0.2, -0.15) is 0 Å². The van der Waals surface area contributed by atoms with Crippen LogP contribution in [0.5, 0.6) is 0 Å². The molecule has 5 heteroatoms. The molecule has 0 aliphatic rings. The molecule has 0 saturated heterocycles. The highest BCUT2D eigenvalue weighted by Gasteiger charge is 2.10. The number of aromatic nitrogens is 2. The topological polar surface area (TPSA) is 72.9 Å². The highest BCUT2D eigenvalue weighted by Crippen LogP contribution is 2.19. The zero-order chi connectivity index (χ0) is 13.1. The molecule has 1 unspecified atom stereocenters. The Kier molecular flexibility index (Phi) is 3.62. The van der Waals surface area contributed by atoms with Gasteiger partial charge >= 0.3 is 0 Å². The van der Waals surface area contributed by atoms with Gasteiger partial charge in [0.05, 0.1) is 29.9 Å². The van der Waals surface area contributed by atoms with E-state index in [1.807, 2.05) is 31.5 Å². The van der Waals surface area contributed by atoms with Gasteiger partial charge in [0.15, 0.2) is 0 Å². The normalized spacial score (nSPS) is 12.6. The summed E-state index contributed by atoms with van der Waals surface area (Å²) in [6.45, 7) is 4.93. The van der Waals surface area contributed by atoms with E-state index in [4.69, 9.17) is 5.73 Å². The second kappa shape index (κ2) is 5.18. The first-order valence-corrected chi connectivity index (χ1v) is 6.10. The summed E-state index contributed by atoms with van der Waals surface area (Å²) >= 11 is 0. The van der Waals surface area contributed by atoms with Gasteiger partial charge in [-0.05, 0) is 31.5 Å². The molecule has 96 valence electrons. The first-order valence-electron chi connectivity index (χ1n) is 6.10. The summed E-state index contributed by atoms with van der Waals surface area (Å²) in [4.78, 5) is 15.6. The van der Waals surface area contributed by atoms with Crippen molar-refractivity contribution >= 4 is 16.9 Å². The fraction of sp³-hybridized carbons (Fsp3) is 0.385. The van der Waals surface area contributed by atoms with E-state index in [2.05, 4.69) is 21.8 Å². The molecule has 1 atom stereocenters. The number of rotatable bonds is 4. The lowest BCUT2D eigenvalue weighted by Crippen LogP contribution is -2.32. The molecular formula is C13H18N4O. The van der Waals surface area contributed by atoms with E-state index in [-0.39, 0.29) is 18.5 Å². The number of aryl methyl sites for hydroxylation is 1. The first-order chi connectivity index (χ1) is 8.65. The summed E-state index contributed by atoms with van der Waals surface area (Å²) in [5, 5.41) is 2.83. The Morgan fingerprint density at radius 2 is 2.33 bits per heavy atom. The van der Waals surface area contributed by atoms with Gasteiger partial charge in [-0.1, -0.05) is 6.07 Å². The minimum absolute atomic E-state index is 0.0110. The molecule has 1 aromatic heterocycles. The summed E-state index contributed by atoms with van der Waals surface area (Å²) in [6, 6.07) is 5.99. The van der Waals surface area contributed by atoms with Crippen molar-refractivity contribution in [2.45, 2.75) is 26.4 Å². The number of nitrogens with one attached hydrogen (secondary N) is 1. The van der Waals surface area contributed by atoms with Crippen LogP contribution in [0.15, 0.2) is 24.5 Å². The third-order valence-corrected chi connectivity index (χ3v) is 3.05. The number of fused-ring (bicyclic) bond motifs is 1. The molecule has 2 aromatic rings. The Bertz CT molecular complexity index is 561. The maximum Gasteiger partial charge on any atom is 0.234 e. The Morgan fingerprint density at radius 3 is 3.00 bits per heavy atom. The molecule has 0 aliphatic carbocycles. The summed E-state index contributed by atoms with van der Waals surface area (Å²) in [7, 11) is 0. The quantitative estimate of drug-likeness (QED) is 0.851. The Labute approximate surface area is 106 Å². The van der Waals surface area contributed by atoms with Crippen molar-refractivity contribution in [1.29, 1.82) is 0 Å². The van der Waals surface area contributed by atoms with Crippen LogP contribution in [0, 0.1) is 0 Å². The first kappa shape index (κ1) is 12.6. The number of carbonyl (C=O) groups is 1. The largest absolute Gasteiger partial charge is 0.348 e. The van der Waals surface area contributed by atoms with Crippen LogP contribution in [0.2, 0.25) is 0 Å². The summed E-state index contributed by atoms with van der Waals surface area (Å²) in [6.07, 6.45) is 1.83. The molecule has 0 saturated carbocycles. The van der Waals surface area contributed by atoms with E-state index in [0.29, 0.717) is 0 Å². The van der Waals surface area contributed by atoms with Crippen LogP contribution in [0.1, 0.15) is 25.5 Å². The number of imidazole rings is 1. The molecule has 18 heavy (non-hydrogen) atoms. The Balaban J connectivity index is 2.27. The van der Waals surface area contributed by atoms with E-state index in [1.54, 1.807) is 0 Å². The highest BCUT2D eigenvalue weighted by molar-refractivity contribution is 5.79. The van der Waals surface area contributed by atoms with E-state index in [1.165, 1.54) is 0 Å². The molecule has 1 aromatic carbocycles. The van der Waals surface area contributed by atoms with Crippen LogP contribution in [0.4, 0.5) is 0 Å². The van der Waals surface area contributed by atoms with Gasteiger partial charge in [-0.25, -0.2) is 4.98 Å². The average molecular weight is 246 g/mol. The molecule has 2 rings (SSSR count). The minimum Gasteiger partial charge on any atom is -0.348 e. The van der Waals surface area contributed by atoms with Crippen LogP contribution in [0.25, 0.3) is 11.0 Å². The lowest BCUT2D eigenvalue weighted by Gasteiger charge is -2.13. The van der Waals surface area contributed by atoms with Crippen LogP contribution in [0.3, 0.4) is 0 Å². The average Bonchev–Trinajstić information content (AvgIpc) is 2.80. The zero-order valence-electron chi connectivity index (χ0n) is 10.7. The third kappa shape index (κ3) is 2.36. The molecule has 3 N–H and O–H groups in total. The van der Waals surface area contributed by atoms with Gasteiger partial charge in [0.1, 0.15) is 0 Å². The predicted octanol–water partition coefficient (Wildman–Crippen LogP) is 1.19. The van der Waals surface area contributed by atoms with Gasteiger partial charge in [-0.3, -0.25) is 4.79 Å². The van der Waals surface area contributed by atoms with Gasteiger partial charge in [0.25, 0.3) is 0 Å². The van der Waals surface area contributed by atoms with Crippen molar-refractivity contribution in [3.8, 4) is 0 Å². The van der Waals surface area contributed by atoms with Crippen molar-refractivity contribution in [2.75, 3.05) is 6.54 Å². The van der Waals surface area contributed by atoms with E-state index < -0.39 is 0 Å². The van der Waals surface area contributed by atoms with Crippen LogP contribution in [-0.4, -0.2) is 22.0 Å². The van der Waals surface area contributed by atoms with Gasteiger partial charge < -0.3 is 15.6 Å². The fourth-order valence-corrected chi connectivity index (χ4v) is 1.99. The number of nitrogens with zero attached hydrogens (tertiary/aromatic N) is 2. The highest BCUT2D eigenvalue weighted by atomic mass is 16.1. The van der Waals surface area contributed by atoms with E-state index >= 15 is 0 Å². The monoisotopic (exact) mass is 246 g/mol. The molecule has 1 amide bonds. The van der Waals surface area contributed by atoms with Gasteiger partial charge in [-0.15, -0.1) is 0 Å². The number of benzene rings is 1. The standard InChI is InChI=1S/C13H18N4O/c1-3-17-8-15-11-6-10(4-5-12(11)17)9(2)16-13(18)7-14/h4-6,8-9H,3,7,14H2,1-2H3,(H,16,18). The van der Waals surface area contributed by atoms with Crippen molar-refractivity contribution in [1.82, 2.24) is 14.9 Å². The van der Waals surface area contributed by atoms with Crippen LogP contribution >= 0.6 is 0 Å². The second-order valence-corrected chi connectivity index (χ2v) is 4.27. The van der Waals surface area contributed by atoms with Gasteiger partial charge in [0.2, 0.25) is 5.91 Å². The second-order valence-electron chi connectivity index (χ2n) is 4.27. The van der Waals surface area contributed by atoms with Crippen molar-refractivity contribution in [2.24, 2.45) is 5.73 Å². The van der Waals surface area contributed by atoms with E-state index in [9.17, 15) is 4.79 Å². The predicted molar refractivity (Wildman–Crippen MR) is 71.0 cm³/mol. The van der Waals surface area contributed by atoms with Crippen molar-refractivity contribution in [3.05, 3.63) is 30.1 Å². The maximum absolute atomic E-state index is 11.3. The number of amides is 1. The van der Waals surface area contributed by atoms with Crippen LogP contribution < -0.4 is 11.1 Å². The van der Waals surface area contributed by atoms with E-state index in [0.717, 1.165) is 23.1 Å². The maximum atomic E-state index is 11.3. The molecule has 1 heterocycles. The summed E-state index contributed by atoms with van der Waals surface area (Å²) in [5.74, 6) is -0.151. The lowest BCUT2D eigenvalue weighted by atomic mass is 10.1. The Morgan fingerprint density at radius 1 is 1.56 bits per heavy atom. The minimum atomic E-state index is -0.151. The lowest BCUT2D eigenvalue weighted by molar-refractivity contribution is -0.120. The summed E-state index contributed by atoms with van der Waals surface area (Å²) < 4.78 is 2.09. The number of nitrogens with two attached hydrogens (primary N) is 1. The van der Waals surface area contributed by atoms with Crippen molar-refractivity contribution in [3.63, 3.8) is 0 Å². The Hall–Kier alpha value is -1.88. The third-order valence-electron chi connectivity index (χ3n) is 3.05. The molecular weight excluding hydrogens is 228 g/mol. The molecule has 0 aliphatic heterocycles. The number of hydrogen-bond acceptors (Lipinski definition) is 3. The fourth-order valence-electron chi connectivity index (χ4n) is 1.99. The smallest absolute Gasteiger partial charge is 0.234 e. The van der Waals surface area contributed by atoms with Gasteiger partial charge in [0, 0.05) is 6.54 Å². The molecule has 0 radical (unpaired) electrons. The molecule has 0 bridgehead atoms. The summed E-state index contributed by atoms with van der Waals surface area (Å²) in [5.41, 5.74) is 8.37. The van der Waals surface area contributed by atoms with Crippen LogP contribution in [-0.2, 0) is 11.3 Å². The number of carbonyl (C=O) groups excluding carboxylic acids is 1. The number of hydrogen-bond donors (Lipinski definition) is 2. The molecule has 5 nitrogen and oxygen atoms in total. The molecule has 0 spiro atoms.